The molecule has 1 heterocycles. The van der Waals surface area contributed by atoms with Gasteiger partial charge >= 0.3 is 5.97 Å². The van der Waals surface area contributed by atoms with Gasteiger partial charge in [0.15, 0.2) is 0 Å². The Kier molecular flexibility index (Phi) is 4.38. The number of hydrogen-bond donors (Lipinski definition) is 0. The van der Waals surface area contributed by atoms with Gasteiger partial charge in [-0.2, -0.15) is 4.31 Å². The number of ether oxygens (including phenoxy) is 1. The van der Waals surface area contributed by atoms with Crippen LogP contribution in [0.5, 0.6) is 0 Å². The summed E-state index contributed by atoms with van der Waals surface area (Å²) in [4.78, 5) is 11.8. The Hall–Kier alpha value is -2.25. The molecule has 0 saturated heterocycles. The number of benzene rings is 2. The van der Waals surface area contributed by atoms with Gasteiger partial charge in [0.2, 0.25) is 10.0 Å². The van der Waals surface area contributed by atoms with Crippen LogP contribution in [0.3, 0.4) is 0 Å². The molecule has 5 nitrogen and oxygen atoms in total. The number of nitrogens with zero attached hydrogens (tertiary/aromatic N) is 1. The van der Waals surface area contributed by atoms with E-state index in [1.165, 1.54) is 23.5 Å². The zero-order valence-electron chi connectivity index (χ0n) is 13.0. The first kappa shape index (κ1) is 16.6. The van der Waals surface area contributed by atoms with Crippen molar-refractivity contribution in [1.29, 1.82) is 0 Å². The molecule has 0 unspecified atom stereocenters. The highest BCUT2D eigenvalue weighted by Crippen LogP contribution is 2.42. The van der Waals surface area contributed by atoms with Crippen molar-refractivity contribution in [3.63, 3.8) is 0 Å². The van der Waals surface area contributed by atoms with E-state index in [4.69, 9.17) is 0 Å². The highest BCUT2D eigenvalue weighted by atomic mass is 32.2. The molecule has 2 aromatic rings. The van der Waals surface area contributed by atoms with Crippen LogP contribution in [0.25, 0.3) is 0 Å². The number of esters is 1. The number of rotatable bonds is 4. The summed E-state index contributed by atoms with van der Waals surface area (Å²) in [5, 5.41) is 0. The number of carbonyl (C=O) groups is 1. The van der Waals surface area contributed by atoms with E-state index < -0.39 is 27.9 Å². The average Bonchev–Trinajstić information content (AvgIpc) is 2.76. The number of fused-ring (bicyclic) bond motifs is 1. The first-order chi connectivity index (χ1) is 11.4. The lowest BCUT2D eigenvalue weighted by Crippen LogP contribution is -2.29. The number of hydrogen-bond acceptors (Lipinski definition) is 4. The van der Waals surface area contributed by atoms with Crippen molar-refractivity contribution in [2.75, 3.05) is 7.11 Å². The maximum absolute atomic E-state index is 13.6. The Labute approximate surface area is 139 Å². The maximum atomic E-state index is 13.6. The van der Waals surface area contributed by atoms with Gasteiger partial charge in [-0.1, -0.05) is 30.3 Å². The van der Waals surface area contributed by atoms with Crippen molar-refractivity contribution in [1.82, 2.24) is 4.31 Å². The van der Waals surface area contributed by atoms with Gasteiger partial charge in [0.05, 0.1) is 24.5 Å². The van der Waals surface area contributed by atoms with Crippen molar-refractivity contribution in [3.05, 3.63) is 65.5 Å². The van der Waals surface area contributed by atoms with Crippen molar-refractivity contribution in [2.24, 2.45) is 0 Å². The molecule has 2 aromatic carbocycles. The van der Waals surface area contributed by atoms with Crippen molar-refractivity contribution in [3.8, 4) is 0 Å². The van der Waals surface area contributed by atoms with Crippen LogP contribution in [-0.4, -0.2) is 25.8 Å². The Morgan fingerprint density at radius 2 is 1.92 bits per heavy atom. The molecule has 1 atom stereocenters. The molecule has 1 aliphatic rings. The first-order valence-corrected chi connectivity index (χ1v) is 8.79. The normalized spacial score (nSPS) is 19.0. The lowest BCUT2D eigenvalue weighted by molar-refractivity contribution is -0.141. The molecule has 24 heavy (non-hydrogen) atoms. The van der Waals surface area contributed by atoms with Crippen molar-refractivity contribution >= 4 is 16.0 Å². The molecular weight excluding hydrogens is 333 g/mol. The van der Waals surface area contributed by atoms with Crippen LogP contribution in [0.15, 0.2) is 53.4 Å². The van der Waals surface area contributed by atoms with Gasteiger partial charge in [0.1, 0.15) is 5.82 Å². The van der Waals surface area contributed by atoms with E-state index in [0.29, 0.717) is 0 Å². The van der Waals surface area contributed by atoms with Crippen LogP contribution >= 0.6 is 0 Å². The summed E-state index contributed by atoms with van der Waals surface area (Å²) in [6.07, 6.45) is -0.168. The summed E-state index contributed by atoms with van der Waals surface area (Å²) < 4.78 is 45.2. The third-order valence-corrected chi connectivity index (χ3v) is 5.96. The molecular formula is C17H16FNO4S. The van der Waals surface area contributed by atoms with Crippen LogP contribution in [0.2, 0.25) is 0 Å². The summed E-state index contributed by atoms with van der Waals surface area (Å²) in [5.74, 6) is -1.09. The minimum atomic E-state index is -3.81. The van der Waals surface area contributed by atoms with E-state index in [0.717, 1.165) is 11.6 Å². The number of sulfonamides is 1. The fourth-order valence-electron chi connectivity index (χ4n) is 2.88. The molecule has 0 aliphatic carbocycles. The third kappa shape index (κ3) is 2.92. The fraction of sp³-hybridized carbons (Fsp3) is 0.235. The Balaban J connectivity index is 2.06. The lowest BCUT2D eigenvalue weighted by Gasteiger charge is -2.22. The Morgan fingerprint density at radius 3 is 2.58 bits per heavy atom. The van der Waals surface area contributed by atoms with E-state index in [2.05, 4.69) is 4.74 Å². The first-order valence-electron chi connectivity index (χ1n) is 7.35. The predicted molar refractivity (Wildman–Crippen MR) is 84.9 cm³/mol. The number of methoxy groups -OCH3 is 1. The van der Waals surface area contributed by atoms with Crippen molar-refractivity contribution < 1.29 is 22.3 Å². The second kappa shape index (κ2) is 6.33. The van der Waals surface area contributed by atoms with E-state index in [9.17, 15) is 17.6 Å². The van der Waals surface area contributed by atoms with Gasteiger partial charge in [0.25, 0.3) is 0 Å². The molecule has 3 rings (SSSR count). The molecule has 0 N–H and O–H groups in total. The van der Waals surface area contributed by atoms with E-state index >= 15 is 0 Å². The summed E-state index contributed by atoms with van der Waals surface area (Å²) in [6, 6.07) is 11.8. The smallest absolute Gasteiger partial charge is 0.307 e. The topological polar surface area (TPSA) is 63.7 Å². The van der Waals surface area contributed by atoms with Crippen LogP contribution in [0.1, 0.15) is 23.6 Å². The minimum absolute atomic E-state index is 0.0359. The van der Waals surface area contributed by atoms with Crippen LogP contribution in [0.4, 0.5) is 4.39 Å². The average molecular weight is 349 g/mol. The van der Waals surface area contributed by atoms with Gasteiger partial charge in [-0.15, -0.1) is 0 Å². The predicted octanol–water partition coefficient (Wildman–Crippen LogP) is 2.63. The van der Waals surface area contributed by atoms with Gasteiger partial charge in [-0.25, -0.2) is 12.8 Å². The number of carbonyl (C=O) groups excluding carboxylic acids is 1. The fourth-order valence-corrected chi connectivity index (χ4v) is 4.70. The van der Waals surface area contributed by atoms with Gasteiger partial charge < -0.3 is 4.74 Å². The Morgan fingerprint density at radius 1 is 1.21 bits per heavy atom. The van der Waals surface area contributed by atoms with Crippen molar-refractivity contribution in [2.45, 2.75) is 23.9 Å². The SMILES string of the molecule is COC(=O)C[C@H]1c2cc(F)ccc2S(=O)(=O)N1Cc1ccccc1. The Bertz CT molecular complexity index is 867. The standard InChI is InChI=1S/C17H16FNO4S/c1-23-17(20)10-15-14-9-13(18)7-8-16(14)24(21,22)19(15)11-12-5-3-2-4-6-12/h2-9,15H,10-11H2,1H3/t15-/m0/s1. The molecule has 0 saturated carbocycles. The molecule has 0 radical (unpaired) electrons. The summed E-state index contributed by atoms with van der Waals surface area (Å²) in [6.45, 7) is 0.0983. The zero-order chi connectivity index (χ0) is 17.3. The number of halogens is 1. The largest absolute Gasteiger partial charge is 0.469 e. The van der Waals surface area contributed by atoms with E-state index in [1.807, 2.05) is 6.07 Å². The van der Waals surface area contributed by atoms with Crippen LogP contribution in [-0.2, 0) is 26.1 Å². The molecule has 0 bridgehead atoms. The second-order valence-electron chi connectivity index (χ2n) is 5.51. The summed E-state index contributed by atoms with van der Waals surface area (Å²) >= 11 is 0. The molecule has 7 heteroatoms. The van der Waals surface area contributed by atoms with Crippen LogP contribution in [0, 0.1) is 5.82 Å². The quantitative estimate of drug-likeness (QED) is 0.796. The van der Waals surface area contributed by atoms with Gasteiger partial charge in [-0.05, 0) is 29.3 Å². The summed E-state index contributed by atoms with van der Waals surface area (Å²) in [5.41, 5.74) is 1.07. The molecule has 1 aliphatic heterocycles. The molecule has 0 amide bonds. The van der Waals surface area contributed by atoms with Gasteiger partial charge in [0, 0.05) is 6.54 Å². The second-order valence-corrected chi connectivity index (χ2v) is 7.37. The minimum Gasteiger partial charge on any atom is -0.469 e. The summed E-state index contributed by atoms with van der Waals surface area (Å²) in [7, 11) is -2.57. The highest BCUT2D eigenvalue weighted by Gasteiger charge is 2.43. The molecule has 0 spiro atoms. The maximum Gasteiger partial charge on any atom is 0.307 e. The molecule has 0 fully saturated rings. The monoisotopic (exact) mass is 349 g/mol. The molecule has 126 valence electrons. The third-order valence-electron chi connectivity index (χ3n) is 4.03. The van der Waals surface area contributed by atoms with E-state index in [-0.39, 0.29) is 23.4 Å². The lowest BCUT2D eigenvalue weighted by atomic mass is 10.0. The molecule has 0 aromatic heterocycles. The van der Waals surface area contributed by atoms with E-state index in [1.54, 1.807) is 24.3 Å². The zero-order valence-corrected chi connectivity index (χ0v) is 13.8. The highest BCUT2D eigenvalue weighted by molar-refractivity contribution is 7.89. The van der Waals surface area contributed by atoms with Gasteiger partial charge in [-0.3, -0.25) is 4.79 Å². The van der Waals surface area contributed by atoms with Crippen LogP contribution < -0.4 is 0 Å².